The molecular weight excluding hydrogens is 218 g/mol. The van der Waals surface area contributed by atoms with E-state index in [1.165, 1.54) is 19.9 Å². The lowest BCUT2D eigenvalue weighted by molar-refractivity contribution is -0.201. The fraction of sp³-hybridized carbons (Fsp3) is 0.444. The van der Waals surface area contributed by atoms with Crippen LogP contribution in [0.2, 0.25) is 0 Å². The van der Waals surface area contributed by atoms with E-state index in [0.29, 0.717) is 5.57 Å². The highest BCUT2D eigenvalue weighted by Crippen LogP contribution is 2.15. The number of hydrogen-bond donors (Lipinski definition) is 1. The van der Waals surface area contributed by atoms with Crippen LogP contribution in [-0.4, -0.2) is 40.8 Å². The second-order valence-corrected chi connectivity index (χ2v) is 3.34. The van der Waals surface area contributed by atoms with Crippen LogP contribution in [0.25, 0.3) is 0 Å². The van der Waals surface area contributed by atoms with Gasteiger partial charge in [-0.2, -0.15) is 5.26 Å². The summed E-state index contributed by atoms with van der Waals surface area (Å²) in [6.45, 7) is 2.82. The van der Waals surface area contributed by atoms with Crippen molar-refractivity contribution in [3.8, 4) is 0 Å². The first-order valence-electron chi connectivity index (χ1n) is 4.51. The lowest BCUT2D eigenvalue weighted by Gasteiger charge is -2.21. The van der Waals surface area contributed by atoms with Gasteiger partial charge in [-0.15, -0.1) is 0 Å². The molecule has 0 radical (unpaired) electrons. The van der Waals surface area contributed by atoms with Crippen molar-refractivity contribution in [1.29, 1.82) is 0 Å². The summed E-state index contributed by atoms with van der Waals surface area (Å²) >= 11 is 0. The number of rotatable bonds is 3. The van der Waals surface area contributed by atoms with E-state index in [-0.39, 0.29) is 6.61 Å². The Bertz CT molecular complexity index is 361. The van der Waals surface area contributed by atoms with E-state index in [1.807, 2.05) is 0 Å². The second-order valence-electron chi connectivity index (χ2n) is 3.34. The van der Waals surface area contributed by atoms with Crippen molar-refractivity contribution < 1.29 is 29.3 Å². The molecule has 7 nitrogen and oxygen atoms in total. The predicted octanol–water partition coefficient (Wildman–Crippen LogP) is 0.316. The van der Waals surface area contributed by atoms with Crippen LogP contribution in [0.5, 0.6) is 0 Å². The number of carbonyl (C=O) groups excluding carboxylic acids is 3. The van der Waals surface area contributed by atoms with E-state index in [0.717, 1.165) is 4.90 Å². The topological polar surface area (TPSA) is 93.1 Å². The Hall–Kier alpha value is -1.89. The molecule has 0 saturated carbocycles. The Morgan fingerprint density at radius 1 is 1.56 bits per heavy atom. The smallest absolute Gasteiger partial charge is 0.430 e. The Balaban J connectivity index is 2.56. The van der Waals surface area contributed by atoms with Crippen LogP contribution in [0.15, 0.2) is 11.6 Å². The summed E-state index contributed by atoms with van der Waals surface area (Å²) in [5.41, 5.74) is 0.335. The number of nitrogens with zero attached hydrogens (tertiary/aromatic N) is 1. The second kappa shape index (κ2) is 4.75. The van der Waals surface area contributed by atoms with Crippen molar-refractivity contribution in [1.82, 2.24) is 4.90 Å². The molecule has 1 atom stereocenters. The quantitative estimate of drug-likeness (QED) is 0.324. The molecule has 2 amide bonds. The molecule has 16 heavy (non-hydrogen) atoms. The van der Waals surface area contributed by atoms with E-state index in [4.69, 9.17) is 5.26 Å². The highest BCUT2D eigenvalue weighted by molar-refractivity contribution is 6.16. The third kappa shape index (κ3) is 2.37. The van der Waals surface area contributed by atoms with Gasteiger partial charge in [0.15, 0.2) is 0 Å². The van der Waals surface area contributed by atoms with E-state index in [1.54, 1.807) is 0 Å². The minimum atomic E-state index is -1.28. The van der Waals surface area contributed by atoms with Crippen LogP contribution in [0.3, 0.4) is 0 Å². The fourth-order valence-electron chi connectivity index (χ4n) is 1.31. The molecule has 0 aromatic carbocycles. The summed E-state index contributed by atoms with van der Waals surface area (Å²) in [6.07, 6.45) is -0.0703. The van der Waals surface area contributed by atoms with Crippen molar-refractivity contribution in [2.75, 3.05) is 6.61 Å². The molecule has 0 aromatic rings. The van der Waals surface area contributed by atoms with Crippen molar-refractivity contribution >= 4 is 18.0 Å². The highest BCUT2D eigenvalue weighted by Gasteiger charge is 2.32. The maximum Gasteiger partial charge on any atom is 0.540 e. The van der Waals surface area contributed by atoms with Crippen LogP contribution in [0.4, 0.5) is 4.79 Å². The SMILES string of the molecule is CC1=CC(=O)N(C(C)COC(=O)OO)C1=O. The molecule has 1 heterocycles. The molecule has 0 bridgehead atoms. The van der Waals surface area contributed by atoms with Gasteiger partial charge in [0.2, 0.25) is 0 Å². The average Bonchev–Trinajstić information content (AvgIpc) is 2.49. The number of carbonyl (C=O) groups is 3. The van der Waals surface area contributed by atoms with Crippen molar-refractivity contribution in [3.05, 3.63) is 11.6 Å². The molecule has 0 fully saturated rings. The van der Waals surface area contributed by atoms with Gasteiger partial charge in [-0.1, -0.05) is 0 Å². The van der Waals surface area contributed by atoms with E-state index in [9.17, 15) is 14.4 Å². The number of imide groups is 1. The number of ether oxygens (including phenoxy) is 1. The molecular formula is C9H11NO6. The van der Waals surface area contributed by atoms with Crippen molar-refractivity contribution in [3.63, 3.8) is 0 Å². The molecule has 1 unspecified atom stereocenters. The van der Waals surface area contributed by atoms with Gasteiger partial charge in [-0.3, -0.25) is 19.4 Å². The molecule has 1 aliphatic heterocycles. The first-order valence-corrected chi connectivity index (χ1v) is 4.51. The standard InChI is InChI=1S/C9H11NO6/c1-5-3-7(11)10(8(5)12)6(2)4-15-9(13)16-14/h3,6,14H,4H2,1-2H3. The minimum Gasteiger partial charge on any atom is -0.430 e. The third-order valence-corrected chi connectivity index (χ3v) is 2.09. The molecule has 7 heteroatoms. The molecule has 1 N–H and O–H groups in total. The summed E-state index contributed by atoms with van der Waals surface area (Å²) in [4.78, 5) is 37.6. The fourth-order valence-corrected chi connectivity index (χ4v) is 1.31. The average molecular weight is 229 g/mol. The molecule has 0 aliphatic carbocycles. The van der Waals surface area contributed by atoms with Crippen LogP contribution in [-0.2, 0) is 19.2 Å². The monoisotopic (exact) mass is 229 g/mol. The molecule has 1 aliphatic rings. The largest absolute Gasteiger partial charge is 0.540 e. The lowest BCUT2D eigenvalue weighted by atomic mass is 10.3. The summed E-state index contributed by atoms with van der Waals surface area (Å²) in [6, 6.07) is -0.618. The summed E-state index contributed by atoms with van der Waals surface area (Å²) < 4.78 is 4.42. The van der Waals surface area contributed by atoms with E-state index >= 15 is 0 Å². The highest BCUT2D eigenvalue weighted by atomic mass is 17.1. The predicted molar refractivity (Wildman–Crippen MR) is 50.1 cm³/mol. The number of amides is 2. The van der Waals surface area contributed by atoms with Gasteiger partial charge >= 0.3 is 6.16 Å². The van der Waals surface area contributed by atoms with Crippen LogP contribution in [0, 0.1) is 0 Å². The maximum absolute atomic E-state index is 11.5. The summed E-state index contributed by atoms with van der Waals surface area (Å²) in [5, 5.41) is 7.93. The van der Waals surface area contributed by atoms with Crippen molar-refractivity contribution in [2.45, 2.75) is 19.9 Å². The Kier molecular flexibility index (Phi) is 3.62. The van der Waals surface area contributed by atoms with Gasteiger partial charge in [0, 0.05) is 11.6 Å². The van der Waals surface area contributed by atoms with Crippen LogP contribution in [0.1, 0.15) is 13.8 Å². The Morgan fingerprint density at radius 3 is 2.62 bits per heavy atom. The summed E-state index contributed by atoms with van der Waals surface area (Å²) in [7, 11) is 0. The first-order chi connectivity index (χ1) is 7.47. The molecule has 0 aromatic heterocycles. The minimum absolute atomic E-state index is 0.238. The molecule has 0 spiro atoms. The van der Waals surface area contributed by atoms with Gasteiger partial charge in [0.25, 0.3) is 11.8 Å². The van der Waals surface area contributed by atoms with Gasteiger partial charge < -0.3 is 4.74 Å². The van der Waals surface area contributed by atoms with Gasteiger partial charge in [-0.25, -0.2) is 4.79 Å². The van der Waals surface area contributed by atoms with Gasteiger partial charge in [0.05, 0.1) is 6.04 Å². The normalized spacial score (nSPS) is 17.2. The third-order valence-electron chi connectivity index (χ3n) is 2.09. The Morgan fingerprint density at radius 2 is 2.19 bits per heavy atom. The lowest BCUT2D eigenvalue weighted by Crippen LogP contribution is -2.41. The molecule has 1 rings (SSSR count). The number of hydrogen-bond acceptors (Lipinski definition) is 6. The van der Waals surface area contributed by atoms with E-state index < -0.39 is 24.0 Å². The van der Waals surface area contributed by atoms with Crippen LogP contribution < -0.4 is 0 Å². The zero-order valence-electron chi connectivity index (χ0n) is 8.80. The van der Waals surface area contributed by atoms with E-state index in [2.05, 4.69) is 9.62 Å². The maximum atomic E-state index is 11.5. The molecule has 88 valence electrons. The zero-order valence-corrected chi connectivity index (χ0v) is 8.80. The van der Waals surface area contributed by atoms with Crippen molar-refractivity contribution in [2.24, 2.45) is 0 Å². The first kappa shape index (κ1) is 12.2. The van der Waals surface area contributed by atoms with Gasteiger partial charge in [-0.05, 0) is 13.8 Å². The Labute approximate surface area is 91.2 Å². The van der Waals surface area contributed by atoms with Gasteiger partial charge in [0.1, 0.15) is 6.61 Å². The zero-order chi connectivity index (χ0) is 12.3. The molecule has 0 saturated heterocycles. The summed E-state index contributed by atoms with van der Waals surface area (Å²) in [5.74, 6) is -0.866. The van der Waals surface area contributed by atoms with Crippen LogP contribution >= 0.6 is 0 Å².